The Hall–Kier alpha value is -1.92. The Morgan fingerprint density at radius 1 is 1.05 bits per heavy atom. The van der Waals surface area contributed by atoms with E-state index in [0.29, 0.717) is 5.69 Å². The van der Waals surface area contributed by atoms with Gasteiger partial charge < -0.3 is 10.6 Å². The van der Waals surface area contributed by atoms with Crippen molar-refractivity contribution in [1.29, 1.82) is 0 Å². The summed E-state index contributed by atoms with van der Waals surface area (Å²) in [6.07, 6.45) is 0. The van der Waals surface area contributed by atoms with Crippen molar-refractivity contribution in [2.75, 3.05) is 10.6 Å². The molecule has 0 fully saturated rings. The first-order valence-electron chi connectivity index (χ1n) is 6.20. The lowest BCUT2D eigenvalue weighted by Gasteiger charge is -2.08. The fourth-order valence-corrected chi connectivity index (χ4v) is 2.10. The highest BCUT2D eigenvalue weighted by molar-refractivity contribution is 9.10. The van der Waals surface area contributed by atoms with E-state index in [4.69, 9.17) is 11.6 Å². The number of halogens is 3. The molecule has 0 aliphatic carbocycles. The molecular formula is C15H11BrClFN2O2. The minimum absolute atomic E-state index is 0.137. The zero-order chi connectivity index (χ0) is 16.3. The van der Waals surface area contributed by atoms with Crippen LogP contribution in [0.2, 0.25) is 5.02 Å². The monoisotopic (exact) mass is 384 g/mol. The van der Waals surface area contributed by atoms with Crippen LogP contribution >= 0.6 is 27.5 Å². The van der Waals surface area contributed by atoms with Crippen molar-refractivity contribution in [3.8, 4) is 0 Å². The first kappa shape index (κ1) is 16.5. The number of aryl methyl sites for hydroxylation is 1. The standard InChI is InChI=1S/C15H11BrClFN2O2/c1-8-6-9(2-4-11(8)16)19-14(21)15(22)20-10-3-5-13(18)12(17)7-10/h2-7H,1H3,(H,19,21)(H,20,22). The van der Waals surface area contributed by atoms with E-state index in [1.54, 1.807) is 18.2 Å². The van der Waals surface area contributed by atoms with Gasteiger partial charge in [0.05, 0.1) is 5.02 Å². The molecule has 2 aromatic rings. The number of carbonyl (C=O) groups excluding carboxylic acids is 2. The van der Waals surface area contributed by atoms with Crippen LogP contribution in [-0.2, 0) is 9.59 Å². The van der Waals surface area contributed by atoms with Gasteiger partial charge in [-0.05, 0) is 48.9 Å². The largest absolute Gasteiger partial charge is 0.318 e. The lowest BCUT2D eigenvalue weighted by Crippen LogP contribution is -2.29. The Bertz CT molecular complexity index is 689. The summed E-state index contributed by atoms with van der Waals surface area (Å²) < 4.78 is 13.9. The highest BCUT2D eigenvalue weighted by Crippen LogP contribution is 2.21. The van der Waals surface area contributed by atoms with E-state index in [2.05, 4.69) is 26.6 Å². The number of nitrogens with one attached hydrogen (secondary N) is 2. The molecule has 0 spiro atoms. The van der Waals surface area contributed by atoms with Crippen LogP contribution in [0.1, 0.15) is 5.56 Å². The van der Waals surface area contributed by atoms with E-state index < -0.39 is 17.6 Å². The second kappa shape index (κ2) is 6.89. The minimum atomic E-state index is -0.872. The summed E-state index contributed by atoms with van der Waals surface area (Å²) in [4.78, 5) is 23.6. The van der Waals surface area contributed by atoms with Crippen molar-refractivity contribution in [1.82, 2.24) is 0 Å². The van der Waals surface area contributed by atoms with Gasteiger partial charge in [-0.25, -0.2) is 4.39 Å². The van der Waals surface area contributed by atoms with Crippen LogP contribution in [-0.4, -0.2) is 11.8 Å². The first-order valence-corrected chi connectivity index (χ1v) is 7.37. The third-order valence-corrected chi connectivity index (χ3v) is 3.98. The van der Waals surface area contributed by atoms with Gasteiger partial charge in [-0.15, -0.1) is 0 Å². The third kappa shape index (κ3) is 4.05. The van der Waals surface area contributed by atoms with Gasteiger partial charge in [0.25, 0.3) is 0 Å². The molecule has 0 aliphatic heterocycles. The van der Waals surface area contributed by atoms with E-state index in [-0.39, 0.29) is 10.7 Å². The lowest BCUT2D eigenvalue weighted by atomic mass is 10.2. The molecule has 114 valence electrons. The molecule has 2 rings (SSSR count). The fraction of sp³-hybridized carbons (Fsp3) is 0.0667. The first-order chi connectivity index (χ1) is 10.4. The molecule has 7 heteroatoms. The maximum atomic E-state index is 13.0. The second-order valence-electron chi connectivity index (χ2n) is 4.50. The average Bonchev–Trinajstić information content (AvgIpc) is 2.46. The Labute approximate surface area is 139 Å². The van der Waals surface area contributed by atoms with Crippen LogP contribution in [0.3, 0.4) is 0 Å². The number of hydrogen-bond donors (Lipinski definition) is 2. The summed E-state index contributed by atoms with van der Waals surface area (Å²) in [6.45, 7) is 1.86. The van der Waals surface area contributed by atoms with E-state index in [1.165, 1.54) is 12.1 Å². The maximum absolute atomic E-state index is 13.0. The second-order valence-corrected chi connectivity index (χ2v) is 5.76. The molecule has 0 saturated heterocycles. The Morgan fingerprint density at radius 2 is 1.59 bits per heavy atom. The SMILES string of the molecule is Cc1cc(NC(=O)C(=O)Nc2ccc(F)c(Cl)c2)ccc1Br. The van der Waals surface area contributed by atoms with E-state index in [0.717, 1.165) is 16.1 Å². The van der Waals surface area contributed by atoms with Gasteiger partial charge >= 0.3 is 11.8 Å². The van der Waals surface area contributed by atoms with Crippen molar-refractivity contribution in [3.05, 3.63) is 57.3 Å². The molecule has 0 saturated carbocycles. The molecular weight excluding hydrogens is 375 g/mol. The van der Waals surface area contributed by atoms with Gasteiger partial charge in [0.2, 0.25) is 0 Å². The zero-order valence-electron chi connectivity index (χ0n) is 11.4. The summed E-state index contributed by atoms with van der Waals surface area (Å²) in [5.74, 6) is -2.31. The van der Waals surface area contributed by atoms with Crippen molar-refractivity contribution in [3.63, 3.8) is 0 Å². The molecule has 2 amide bonds. The Balaban J connectivity index is 2.04. The van der Waals surface area contributed by atoms with Crippen LogP contribution in [0, 0.1) is 12.7 Å². The molecule has 0 radical (unpaired) electrons. The number of anilines is 2. The normalized spacial score (nSPS) is 10.2. The van der Waals surface area contributed by atoms with Crippen molar-refractivity contribution < 1.29 is 14.0 Å². The van der Waals surface area contributed by atoms with Gasteiger partial charge in [0, 0.05) is 15.8 Å². The minimum Gasteiger partial charge on any atom is -0.318 e. The van der Waals surface area contributed by atoms with Crippen LogP contribution in [0.15, 0.2) is 40.9 Å². The summed E-state index contributed by atoms with van der Waals surface area (Å²) in [5.41, 5.74) is 1.65. The molecule has 22 heavy (non-hydrogen) atoms. The van der Waals surface area contributed by atoms with Gasteiger partial charge in [-0.1, -0.05) is 27.5 Å². The molecule has 0 heterocycles. The summed E-state index contributed by atoms with van der Waals surface area (Å²) in [6, 6.07) is 8.81. The van der Waals surface area contributed by atoms with Crippen LogP contribution in [0.5, 0.6) is 0 Å². The number of hydrogen-bond acceptors (Lipinski definition) is 2. The van der Waals surface area contributed by atoms with E-state index >= 15 is 0 Å². The highest BCUT2D eigenvalue weighted by atomic mass is 79.9. The summed E-state index contributed by atoms with van der Waals surface area (Å²) in [7, 11) is 0. The summed E-state index contributed by atoms with van der Waals surface area (Å²) >= 11 is 8.95. The number of benzene rings is 2. The lowest BCUT2D eigenvalue weighted by molar-refractivity contribution is -0.132. The number of rotatable bonds is 2. The number of amides is 2. The highest BCUT2D eigenvalue weighted by Gasteiger charge is 2.15. The molecule has 2 aromatic carbocycles. The van der Waals surface area contributed by atoms with Gasteiger partial charge in [-0.3, -0.25) is 9.59 Å². The molecule has 2 N–H and O–H groups in total. The van der Waals surface area contributed by atoms with E-state index in [1.807, 2.05) is 6.92 Å². The van der Waals surface area contributed by atoms with Crippen LogP contribution < -0.4 is 10.6 Å². The molecule has 0 atom stereocenters. The van der Waals surface area contributed by atoms with Crippen LogP contribution in [0.25, 0.3) is 0 Å². The zero-order valence-corrected chi connectivity index (χ0v) is 13.8. The molecule has 0 unspecified atom stereocenters. The average molecular weight is 386 g/mol. The van der Waals surface area contributed by atoms with E-state index in [9.17, 15) is 14.0 Å². The molecule has 0 aromatic heterocycles. The fourth-order valence-electron chi connectivity index (χ4n) is 1.67. The third-order valence-electron chi connectivity index (χ3n) is 2.80. The quantitative estimate of drug-likeness (QED) is 0.764. The Kier molecular flexibility index (Phi) is 5.15. The van der Waals surface area contributed by atoms with Gasteiger partial charge in [-0.2, -0.15) is 0 Å². The van der Waals surface area contributed by atoms with Gasteiger partial charge in [0.1, 0.15) is 5.82 Å². The topological polar surface area (TPSA) is 58.2 Å². The van der Waals surface area contributed by atoms with Gasteiger partial charge in [0.15, 0.2) is 0 Å². The molecule has 0 aliphatic rings. The molecule has 0 bridgehead atoms. The van der Waals surface area contributed by atoms with Crippen molar-refractivity contribution >= 4 is 50.7 Å². The summed E-state index contributed by atoms with van der Waals surface area (Å²) in [5, 5.41) is 4.68. The predicted octanol–water partition coefficient (Wildman–Crippen LogP) is 4.13. The van der Waals surface area contributed by atoms with Crippen LogP contribution in [0.4, 0.5) is 15.8 Å². The maximum Gasteiger partial charge on any atom is 0.314 e. The van der Waals surface area contributed by atoms with Crippen molar-refractivity contribution in [2.45, 2.75) is 6.92 Å². The van der Waals surface area contributed by atoms with Crippen molar-refractivity contribution in [2.24, 2.45) is 0 Å². The molecule has 4 nitrogen and oxygen atoms in total. The predicted molar refractivity (Wildman–Crippen MR) is 87.5 cm³/mol. The number of carbonyl (C=O) groups is 2. The Morgan fingerprint density at radius 3 is 2.14 bits per heavy atom. The smallest absolute Gasteiger partial charge is 0.314 e.